The zero-order valence-electron chi connectivity index (χ0n) is 15.0. The van der Waals surface area contributed by atoms with Crippen molar-refractivity contribution in [1.82, 2.24) is 5.32 Å². The van der Waals surface area contributed by atoms with Crippen LogP contribution in [0.25, 0.3) is 0 Å². The minimum Gasteiger partial charge on any atom is -0.496 e. The van der Waals surface area contributed by atoms with Crippen molar-refractivity contribution in [3.63, 3.8) is 0 Å². The number of carbonyl (C=O) groups is 1. The lowest BCUT2D eigenvalue weighted by Gasteiger charge is -2.30. The van der Waals surface area contributed by atoms with Crippen LogP contribution in [0.4, 0.5) is 0 Å². The van der Waals surface area contributed by atoms with Gasteiger partial charge in [-0.2, -0.15) is 4.89 Å². The topological polar surface area (TPSA) is 56.8 Å². The molecule has 5 nitrogen and oxygen atoms in total. The SMILES string of the molecule is CCC(=O)OOCCC(CC)NC1CCc2cccc(OC)c2C1. The first kappa shape index (κ1) is 18.7. The van der Waals surface area contributed by atoms with Crippen LogP contribution in [0.5, 0.6) is 5.75 Å². The lowest BCUT2D eigenvalue weighted by molar-refractivity contribution is -0.272. The number of benzene rings is 1. The van der Waals surface area contributed by atoms with Crippen LogP contribution in [-0.2, 0) is 27.4 Å². The number of hydrogen-bond acceptors (Lipinski definition) is 5. The molecule has 0 amide bonds. The molecule has 0 heterocycles. The van der Waals surface area contributed by atoms with E-state index in [1.165, 1.54) is 11.1 Å². The summed E-state index contributed by atoms with van der Waals surface area (Å²) in [5, 5.41) is 3.72. The van der Waals surface area contributed by atoms with Gasteiger partial charge >= 0.3 is 5.97 Å². The largest absolute Gasteiger partial charge is 0.496 e. The molecule has 0 aromatic heterocycles. The lowest BCUT2D eigenvalue weighted by Crippen LogP contribution is -2.42. The van der Waals surface area contributed by atoms with Gasteiger partial charge in [-0.1, -0.05) is 26.0 Å². The number of ether oxygens (including phenoxy) is 1. The second kappa shape index (κ2) is 9.64. The molecule has 1 aliphatic rings. The van der Waals surface area contributed by atoms with Crippen LogP contribution in [0.1, 0.15) is 50.7 Å². The zero-order valence-corrected chi connectivity index (χ0v) is 15.0. The zero-order chi connectivity index (χ0) is 17.4. The lowest BCUT2D eigenvalue weighted by atomic mass is 9.87. The van der Waals surface area contributed by atoms with E-state index in [9.17, 15) is 4.79 Å². The summed E-state index contributed by atoms with van der Waals surface area (Å²) >= 11 is 0. The first-order valence-corrected chi connectivity index (χ1v) is 8.91. The normalized spacial score (nSPS) is 17.9. The van der Waals surface area contributed by atoms with Crippen LogP contribution in [0, 0.1) is 0 Å². The Kier molecular flexibility index (Phi) is 7.53. The monoisotopic (exact) mass is 335 g/mol. The van der Waals surface area contributed by atoms with Gasteiger partial charge < -0.3 is 10.1 Å². The summed E-state index contributed by atoms with van der Waals surface area (Å²) in [6, 6.07) is 7.09. The number of carbonyl (C=O) groups excluding carboxylic acids is 1. The molecule has 24 heavy (non-hydrogen) atoms. The van der Waals surface area contributed by atoms with Crippen molar-refractivity contribution in [1.29, 1.82) is 0 Å². The van der Waals surface area contributed by atoms with E-state index >= 15 is 0 Å². The van der Waals surface area contributed by atoms with Gasteiger partial charge in [0.25, 0.3) is 0 Å². The van der Waals surface area contributed by atoms with E-state index in [1.807, 2.05) is 6.07 Å². The Balaban J connectivity index is 1.82. The third kappa shape index (κ3) is 5.21. The molecule has 0 saturated heterocycles. The number of rotatable bonds is 9. The van der Waals surface area contributed by atoms with E-state index in [2.05, 4.69) is 29.3 Å². The second-order valence-corrected chi connectivity index (χ2v) is 6.23. The summed E-state index contributed by atoms with van der Waals surface area (Å²) in [5.74, 6) is 0.661. The fourth-order valence-corrected chi connectivity index (χ4v) is 3.18. The van der Waals surface area contributed by atoms with E-state index in [4.69, 9.17) is 9.62 Å². The first-order valence-electron chi connectivity index (χ1n) is 8.91. The van der Waals surface area contributed by atoms with Crippen molar-refractivity contribution in [3.05, 3.63) is 29.3 Å². The Hall–Kier alpha value is -1.59. The van der Waals surface area contributed by atoms with E-state index < -0.39 is 0 Å². The predicted molar refractivity (Wildman–Crippen MR) is 93.0 cm³/mol. The maximum atomic E-state index is 11.0. The standard InChI is InChI=1S/C19H29NO4/c1-4-15(11-12-23-24-19(21)5-2)20-16-10-9-14-7-6-8-18(22-3)17(14)13-16/h6-8,15-16,20H,4-5,9-13H2,1-3H3. The molecule has 0 fully saturated rings. The highest BCUT2D eigenvalue weighted by Crippen LogP contribution is 2.29. The number of aryl methyl sites for hydroxylation is 1. The number of hydrogen-bond donors (Lipinski definition) is 1. The molecule has 2 unspecified atom stereocenters. The van der Waals surface area contributed by atoms with Gasteiger partial charge in [-0.05, 0) is 49.3 Å². The van der Waals surface area contributed by atoms with Crippen molar-refractivity contribution in [2.75, 3.05) is 13.7 Å². The molecule has 1 aliphatic carbocycles. The van der Waals surface area contributed by atoms with Crippen LogP contribution in [0.3, 0.4) is 0 Å². The highest BCUT2D eigenvalue weighted by Gasteiger charge is 2.23. The average molecular weight is 335 g/mol. The minimum absolute atomic E-state index is 0.327. The van der Waals surface area contributed by atoms with Crippen LogP contribution in [0.2, 0.25) is 0 Å². The molecule has 0 aliphatic heterocycles. The fraction of sp³-hybridized carbons (Fsp3) is 0.632. The highest BCUT2D eigenvalue weighted by molar-refractivity contribution is 5.68. The van der Waals surface area contributed by atoms with Gasteiger partial charge in [0.15, 0.2) is 0 Å². The molecule has 134 valence electrons. The Morgan fingerprint density at radius 3 is 2.92 bits per heavy atom. The smallest absolute Gasteiger partial charge is 0.342 e. The molecule has 0 spiro atoms. The summed E-state index contributed by atoms with van der Waals surface area (Å²) < 4.78 is 5.51. The molecule has 2 atom stereocenters. The fourth-order valence-electron chi connectivity index (χ4n) is 3.18. The van der Waals surface area contributed by atoms with Crippen LogP contribution in [-0.4, -0.2) is 31.8 Å². The van der Waals surface area contributed by atoms with Crippen molar-refractivity contribution < 1.29 is 19.3 Å². The molecule has 1 aromatic carbocycles. The van der Waals surface area contributed by atoms with Crippen molar-refractivity contribution >= 4 is 5.97 Å². The molecule has 0 bridgehead atoms. The van der Waals surface area contributed by atoms with E-state index in [0.29, 0.717) is 25.1 Å². The Morgan fingerprint density at radius 2 is 2.21 bits per heavy atom. The highest BCUT2D eigenvalue weighted by atomic mass is 17.2. The van der Waals surface area contributed by atoms with Gasteiger partial charge in [0.05, 0.1) is 13.7 Å². The summed E-state index contributed by atoms with van der Waals surface area (Å²) in [5.41, 5.74) is 2.72. The third-order valence-electron chi connectivity index (χ3n) is 4.62. The van der Waals surface area contributed by atoms with E-state index in [0.717, 1.165) is 37.9 Å². The van der Waals surface area contributed by atoms with Crippen LogP contribution >= 0.6 is 0 Å². The summed E-state index contributed by atoms with van der Waals surface area (Å²) in [6.45, 7) is 4.33. The number of fused-ring (bicyclic) bond motifs is 1. The molecule has 2 rings (SSSR count). The summed E-state index contributed by atoms with van der Waals surface area (Å²) in [7, 11) is 1.73. The van der Waals surface area contributed by atoms with Gasteiger partial charge in [-0.15, -0.1) is 0 Å². The van der Waals surface area contributed by atoms with Gasteiger partial charge in [0.1, 0.15) is 5.75 Å². The molecular weight excluding hydrogens is 306 g/mol. The maximum Gasteiger partial charge on any atom is 0.342 e. The maximum absolute atomic E-state index is 11.0. The van der Waals surface area contributed by atoms with E-state index in [1.54, 1.807) is 14.0 Å². The average Bonchev–Trinajstić information content (AvgIpc) is 2.63. The van der Waals surface area contributed by atoms with Crippen molar-refractivity contribution in [2.24, 2.45) is 0 Å². The van der Waals surface area contributed by atoms with Crippen molar-refractivity contribution in [3.8, 4) is 5.75 Å². The Labute approximate surface area is 144 Å². The van der Waals surface area contributed by atoms with E-state index in [-0.39, 0.29) is 5.97 Å². The minimum atomic E-state index is -0.327. The van der Waals surface area contributed by atoms with Gasteiger partial charge in [0, 0.05) is 18.5 Å². The molecular formula is C19H29NO4. The summed E-state index contributed by atoms with van der Waals surface area (Å²) in [4.78, 5) is 20.7. The molecule has 1 N–H and O–H groups in total. The van der Waals surface area contributed by atoms with Gasteiger partial charge in [-0.3, -0.25) is 4.89 Å². The Morgan fingerprint density at radius 1 is 1.38 bits per heavy atom. The quantitative estimate of drug-likeness (QED) is 0.427. The Bertz CT molecular complexity index is 518. The first-order chi connectivity index (χ1) is 11.7. The predicted octanol–water partition coefficient (Wildman–Crippen LogP) is 3.20. The van der Waals surface area contributed by atoms with Crippen LogP contribution in [0.15, 0.2) is 18.2 Å². The second-order valence-electron chi connectivity index (χ2n) is 6.23. The molecule has 5 heteroatoms. The van der Waals surface area contributed by atoms with Crippen LogP contribution < -0.4 is 10.1 Å². The molecule has 0 saturated carbocycles. The van der Waals surface area contributed by atoms with Crippen molar-refractivity contribution in [2.45, 2.75) is 64.5 Å². The number of methoxy groups -OCH3 is 1. The molecule has 1 aromatic rings. The third-order valence-corrected chi connectivity index (χ3v) is 4.62. The number of nitrogens with one attached hydrogen (secondary N) is 1. The molecule has 0 radical (unpaired) electrons. The summed E-state index contributed by atoms with van der Waals surface area (Å²) in [6.07, 6.45) is 5.36. The van der Waals surface area contributed by atoms with Gasteiger partial charge in [0.2, 0.25) is 0 Å². The van der Waals surface area contributed by atoms with Gasteiger partial charge in [-0.25, -0.2) is 4.79 Å².